The molecule has 0 bridgehead atoms. The van der Waals surface area contributed by atoms with Gasteiger partial charge in [-0.25, -0.2) is 0 Å². The molecule has 1 atom stereocenters. The van der Waals surface area contributed by atoms with Gasteiger partial charge < -0.3 is 5.73 Å². The van der Waals surface area contributed by atoms with Gasteiger partial charge in [-0.15, -0.1) is 12.4 Å². The number of hydrogen-bond donors (Lipinski definition) is 1. The van der Waals surface area contributed by atoms with Crippen molar-refractivity contribution in [2.75, 3.05) is 0 Å². The third-order valence-corrected chi connectivity index (χ3v) is 2.17. The molecule has 0 aromatic carbocycles. The third-order valence-electron chi connectivity index (χ3n) is 1.47. The lowest BCUT2D eigenvalue weighted by Crippen LogP contribution is -2.18. The van der Waals surface area contributed by atoms with Crippen molar-refractivity contribution in [3.63, 3.8) is 0 Å². The van der Waals surface area contributed by atoms with Gasteiger partial charge in [-0.2, -0.15) is 11.3 Å². The Balaban J connectivity index is 0.000001000. The molecule has 1 heterocycles. The van der Waals surface area contributed by atoms with Crippen LogP contribution in [0, 0.1) is 0 Å². The summed E-state index contributed by atoms with van der Waals surface area (Å²) in [5.74, 6) is -0.412. The second-order valence-electron chi connectivity index (χ2n) is 2.18. The first-order valence-corrected chi connectivity index (χ1v) is 3.97. The standard InChI is InChI=1S/C7H9NOS.ClH/c1-5(7(8)9)6-2-3-10-4-6;/h2-5H,1H3,(H2,8,9);1H. The largest absolute Gasteiger partial charge is 0.369 e. The van der Waals surface area contributed by atoms with Crippen LogP contribution < -0.4 is 5.73 Å². The van der Waals surface area contributed by atoms with Crippen LogP contribution in [0.2, 0.25) is 0 Å². The number of hydrogen-bond acceptors (Lipinski definition) is 2. The van der Waals surface area contributed by atoms with E-state index in [0.29, 0.717) is 0 Å². The molecule has 1 unspecified atom stereocenters. The summed E-state index contributed by atoms with van der Waals surface area (Å²) in [5, 5.41) is 3.88. The van der Waals surface area contributed by atoms with E-state index in [2.05, 4.69) is 0 Å². The number of nitrogens with two attached hydrogens (primary N) is 1. The van der Waals surface area contributed by atoms with Gasteiger partial charge in [-0.3, -0.25) is 4.79 Å². The van der Waals surface area contributed by atoms with Gasteiger partial charge in [0, 0.05) is 0 Å². The third kappa shape index (κ3) is 2.52. The molecule has 0 aliphatic rings. The van der Waals surface area contributed by atoms with Crippen LogP contribution in [0.25, 0.3) is 0 Å². The maximum absolute atomic E-state index is 10.6. The van der Waals surface area contributed by atoms with E-state index < -0.39 is 0 Å². The summed E-state index contributed by atoms with van der Waals surface area (Å²) in [6.07, 6.45) is 0. The van der Waals surface area contributed by atoms with Crippen LogP contribution in [0.1, 0.15) is 18.4 Å². The fraction of sp³-hybridized carbons (Fsp3) is 0.286. The average Bonchev–Trinajstić information content (AvgIpc) is 2.36. The maximum atomic E-state index is 10.6. The quantitative estimate of drug-likeness (QED) is 0.761. The molecule has 1 rings (SSSR count). The van der Waals surface area contributed by atoms with Crippen molar-refractivity contribution in [2.45, 2.75) is 12.8 Å². The Bertz CT molecular complexity index is 222. The summed E-state index contributed by atoms with van der Waals surface area (Å²) in [5.41, 5.74) is 6.10. The summed E-state index contributed by atoms with van der Waals surface area (Å²) >= 11 is 1.58. The van der Waals surface area contributed by atoms with Gasteiger partial charge in [0.25, 0.3) is 0 Å². The summed E-state index contributed by atoms with van der Waals surface area (Å²) in [7, 11) is 0. The molecule has 0 aliphatic carbocycles. The van der Waals surface area contributed by atoms with Gasteiger partial charge in [0.15, 0.2) is 0 Å². The molecular formula is C7H10ClNOS. The molecule has 4 heteroatoms. The Kier molecular flexibility index (Phi) is 4.15. The minimum absolute atomic E-state index is 0. The zero-order valence-electron chi connectivity index (χ0n) is 6.11. The first-order valence-electron chi connectivity index (χ1n) is 3.03. The van der Waals surface area contributed by atoms with Crippen molar-refractivity contribution in [3.8, 4) is 0 Å². The number of carbonyl (C=O) groups excluding carboxylic acids is 1. The average molecular weight is 192 g/mol. The lowest BCUT2D eigenvalue weighted by atomic mass is 10.1. The van der Waals surface area contributed by atoms with E-state index in [1.807, 2.05) is 23.8 Å². The van der Waals surface area contributed by atoms with Crippen molar-refractivity contribution in [3.05, 3.63) is 22.4 Å². The highest BCUT2D eigenvalue weighted by molar-refractivity contribution is 7.08. The molecule has 0 saturated carbocycles. The van der Waals surface area contributed by atoms with Gasteiger partial charge >= 0.3 is 0 Å². The molecule has 0 saturated heterocycles. The number of primary amides is 1. The predicted octanol–water partition coefficient (Wildman–Crippen LogP) is 1.76. The van der Waals surface area contributed by atoms with E-state index in [0.717, 1.165) is 5.56 Å². The monoisotopic (exact) mass is 191 g/mol. The zero-order chi connectivity index (χ0) is 7.56. The molecular weight excluding hydrogens is 182 g/mol. The highest BCUT2D eigenvalue weighted by atomic mass is 35.5. The number of halogens is 1. The lowest BCUT2D eigenvalue weighted by Gasteiger charge is -2.01. The molecule has 11 heavy (non-hydrogen) atoms. The molecule has 62 valence electrons. The van der Waals surface area contributed by atoms with Crippen molar-refractivity contribution in [1.82, 2.24) is 0 Å². The molecule has 0 fully saturated rings. The molecule has 0 radical (unpaired) electrons. The van der Waals surface area contributed by atoms with E-state index in [1.54, 1.807) is 11.3 Å². The second-order valence-corrected chi connectivity index (χ2v) is 2.96. The summed E-state index contributed by atoms with van der Waals surface area (Å²) < 4.78 is 0. The van der Waals surface area contributed by atoms with E-state index >= 15 is 0 Å². The normalized spacial score (nSPS) is 11.7. The summed E-state index contributed by atoms with van der Waals surface area (Å²) in [4.78, 5) is 10.6. The van der Waals surface area contributed by atoms with Crippen LogP contribution in [-0.2, 0) is 4.79 Å². The van der Waals surface area contributed by atoms with E-state index in [-0.39, 0.29) is 24.2 Å². The fourth-order valence-electron chi connectivity index (χ4n) is 0.686. The van der Waals surface area contributed by atoms with Gasteiger partial charge in [0.05, 0.1) is 5.92 Å². The molecule has 1 aromatic heterocycles. The number of thiophene rings is 1. The number of amides is 1. The van der Waals surface area contributed by atoms with Crippen LogP contribution in [0.5, 0.6) is 0 Å². The van der Waals surface area contributed by atoms with Crippen LogP contribution in [0.3, 0.4) is 0 Å². The van der Waals surface area contributed by atoms with Gasteiger partial charge in [-0.1, -0.05) is 0 Å². The molecule has 2 nitrogen and oxygen atoms in total. The number of carbonyl (C=O) groups is 1. The van der Waals surface area contributed by atoms with Crippen molar-refractivity contribution >= 4 is 29.7 Å². The Morgan fingerprint density at radius 3 is 2.73 bits per heavy atom. The topological polar surface area (TPSA) is 43.1 Å². The summed E-state index contributed by atoms with van der Waals surface area (Å²) in [6.45, 7) is 1.81. The highest BCUT2D eigenvalue weighted by Gasteiger charge is 2.10. The maximum Gasteiger partial charge on any atom is 0.224 e. The van der Waals surface area contributed by atoms with Crippen LogP contribution >= 0.6 is 23.7 Å². The zero-order valence-corrected chi connectivity index (χ0v) is 7.74. The molecule has 0 aliphatic heterocycles. The second kappa shape index (κ2) is 4.36. The van der Waals surface area contributed by atoms with E-state index in [4.69, 9.17) is 5.73 Å². The van der Waals surface area contributed by atoms with E-state index in [1.165, 1.54) is 0 Å². The van der Waals surface area contributed by atoms with Crippen molar-refractivity contribution in [1.29, 1.82) is 0 Å². The first-order chi connectivity index (χ1) is 4.72. The van der Waals surface area contributed by atoms with Crippen LogP contribution in [0.15, 0.2) is 16.8 Å². The predicted molar refractivity (Wildman–Crippen MR) is 49.2 cm³/mol. The lowest BCUT2D eigenvalue weighted by molar-refractivity contribution is -0.119. The molecule has 1 aromatic rings. The Labute approximate surface area is 75.8 Å². The Hall–Kier alpha value is -0.540. The van der Waals surface area contributed by atoms with Gasteiger partial charge in [0.2, 0.25) is 5.91 Å². The van der Waals surface area contributed by atoms with Gasteiger partial charge in [-0.05, 0) is 29.3 Å². The van der Waals surface area contributed by atoms with E-state index in [9.17, 15) is 4.79 Å². The molecule has 2 N–H and O–H groups in total. The van der Waals surface area contributed by atoms with Crippen LogP contribution in [0.4, 0.5) is 0 Å². The summed E-state index contributed by atoms with van der Waals surface area (Å²) in [6, 6.07) is 1.92. The van der Waals surface area contributed by atoms with Crippen molar-refractivity contribution < 1.29 is 4.79 Å². The first kappa shape index (κ1) is 10.5. The molecule has 1 amide bonds. The molecule has 0 spiro atoms. The Morgan fingerprint density at radius 1 is 1.73 bits per heavy atom. The highest BCUT2D eigenvalue weighted by Crippen LogP contribution is 2.16. The fourth-order valence-corrected chi connectivity index (χ4v) is 1.44. The Morgan fingerprint density at radius 2 is 2.36 bits per heavy atom. The minimum Gasteiger partial charge on any atom is -0.369 e. The minimum atomic E-state index is -0.265. The smallest absolute Gasteiger partial charge is 0.224 e. The van der Waals surface area contributed by atoms with Crippen molar-refractivity contribution in [2.24, 2.45) is 5.73 Å². The number of rotatable bonds is 2. The SMILES string of the molecule is CC(C(N)=O)c1ccsc1.Cl. The van der Waals surface area contributed by atoms with Gasteiger partial charge in [0.1, 0.15) is 0 Å². The van der Waals surface area contributed by atoms with Crippen LogP contribution in [-0.4, -0.2) is 5.91 Å².